The molecule has 174 valence electrons. The second-order valence-corrected chi connectivity index (χ2v) is 5.49. The van der Waals surface area contributed by atoms with Crippen LogP contribution in [0.3, 0.4) is 0 Å². The predicted octanol–water partition coefficient (Wildman–Crippen LogP) is 1.79. The smallest absolute Gasteiger partial charge is 0.550 e. The van der Waals surface area contributed by atoms with E-state index in [1.807, 2.05) is 20.8 Å². The molecule has 0 rings (SSSR count). The topological polar surface area (TPSA) is 120 Å². The number of carbonyl (C=O) groups excluding carboxylic acids is 3. The van der Waals surface area contributed by atoms with Gasteiger partial charge in [-0.2, -0.15) is 6.92 Å². The van der Waals surface area contributed by atoms with E-state index in [1.54, 1.807) is 6.92 Å². The third kappa shape index (κ3) is 72.5. The number of unbranched alkanes of at least 4 members (excludes halogenated alkanes) is 6. The second-order valence-electron chi connectivity index (χ2n) is 5.49. The molecule has 0 atom stereocenters. The van der Waals surface area contributed by atoms with Gasteiger partial charge in [0.15, 0.2) is 0 Å². The van der Waals surface area contributed by atoms with E-state index in [9.17, 15) is 29.7 Å². The van der Waals surface area contributed by atoms with Crippen LogP contribution in [0, 0.1) is 6.92 Å². The SMILES string of the molecule is CCCCCC(=O)[O-].CCCCCC(=O)[O-].CCCCCC(=O)[O-].[CH2-]C.[Pd+2].[Pd+2]. The minimum Gasteiger partial charge on any atom is -0.550 e. The van der Waals surface area contributed by atoms with E-state index in [-0.39, 0.29) is 60.1 Å². The molecule has 0 bridgehead atoms. The minimum absolute atomic E-state index is 0. The standard InChI is InChI=1S/3C6H12O2.C2H5.2Pd/c3*1-2-3-4-5-6(7)8;1-2;;/h3*2-5H2,1H3,(H,7,8);1H2,2H3;;/q;;;-1;2*+2/p-3. The van der Waals surface area contributed by atoms with E-state index in [1.165, 1.54) is 0 Å². The molecular weight excluding hydrogens is 549 g/mol. The van der Waals surface area contributed by atoms with Crippen LogP contribution in [0.25, 0.3) is 0 Å². The van der Waals surface area contributed by atoms with E-state index >= 15 is 0 Å². The van der Waals surface area contributed by atoms with Crippen LogP contribution in [0.1, 0.15) is 105 Å². The minimum atomic E-state index is -0.932. The Balaban J connectivity index is -0.0000000599. The zero-order valence-electron chi connectivity index (χ0n) is 17.8. The third-order valence-electron chi connectivity index (χ3n) is 2.95. The van der Waals surface area contributed by atoms with Crippen LogP contribution in [0.4, 0.5) is 0 Å². The molecule has 0 amide bonds. The van der Waals surface area contributed by atoms with Crippen LogP contribution >= 0.6 is 0 Å². The van der Waals surface area contributed by atoms with Gasteiger partial charge >= 0.3 is 40.8 Å². The van der Waals surface area contributed by atoms with Crippen molar-refractivity contribution in [1.82, 2.24) is 0 Å². The quantitative estimate of drug-likeness (QED) is 0.195. The van der Waals surface area contributed by atoms with Crippen molar-refractivity contribution in [2.24, 2.45) is 0 Å². The van der Waals surface area contributed by atoms with E-state index < -0.39 is 17.9 Å². The van der Waals surface area contributed by atoms with Gasteiger partial charge in [0.25, 0.3) is 0 Å². The number of carbonyl (C=O) groups is 3. The van der Waals surface area contributed by atoms with Gasteiger partial charge in [0.1, 0.15) is 0 Å². The number of hydrogen-bond acceptors (Lipinski definition) is 6. The van der Waals surface area contributed by atoms with Gasteiger partial charge in [-0.1, -0.05) is 59.3 Å². The zero-order valence-corrected chi connectivity index (χ0v) is 20.9. The average molecular weight is 587 g/mol. The zero-order chi connectivity index (χ0) is 21.2. The number of hydrogen-bond donors (Lipinski definition) is 0. The van der Waals surface area contributed by atoms with E-state index in [4.69, 9.17) is 0 Å². The Morgan fingerprint density at radius 1 is 0.536 bits per heavy atom. The predicted molar refractivity (Wildman–Crippen MR) is 98.5 cm³/mol. The van der Waals surface area contributed by atoms with Crippen LogP contribution in [0.2, 0.25) is 0 Å². The van der Waals surface area contributed by atoms with E-state index in [2.05, 4.69) is 6.92 Å². The van der Waals surface area contributed by atoms with Gasteiger partial charge in [-0.3, -0.25) is 0 Å². The fourth-order valence-corrected chi connectivity index (χ4v) is 1.56. The molecule has 0 saturated carbocycles. The summed E-state index contributed by atoms with van der Waals surface area (Å²) in [4.78, 5) is 29.3. The van der Waals surface area contributed by atoms with E-state index in [0.29, 0.717) is 0 Å². The summed E-state index contributed by atoms with van der Waals surface area (Å²) in [6.07, 6.45) is 9.11. The fourth-order valence-electron chi connectivity index (χ4n) is 1.56. The van der Waals surface area contributed by atoms with Crippen LogP contribution in [-0.4, -0.2) is 17.9 Å². The summed E-state index contributed by atoms with van der Waals surface area (Å²) in [7, 11) is 0. The second kappa shape index (κ2) is 41.2. The Kier molecular flexibility index (Phi) is 61.7. The molecule has 0 unspecified atom stereocenters. The molecule has 0 aromatic rings. The molecule has 0 spiro atoms. The largest absolute Gasteiger partial charge is 2.00 e. The average Bonchev–Trinajstić information content (AvgIpc) is 2.58. The summed E-state index contributed by atoms with van der Waals surface area (Å²) >= 11 is 0. The molecular formula is C20H38O6Pd2. The molecule has 0 fully saturated rings. The number of rotatable bonds is 12. The number of carboxylic acids is 3. The first-order valence-electron chi connectivity index (χ1n) is 9.61. The first-order valence-corrected chi connectivity index (χ1v) is 9.61. The summed E-state index contributed by atoms with van der Waals surface area (Å²) in [5, 5.41) is 29.3. The number of carboxylic acid groups (broad SMARTS) is 3. The van der Waals surface area contributed by atoms with Crippen molar-refractivity contribution in [2.75, 3.05) is 0 Å². The van der Waals surface area contributed by atoms with Gasteiger partial charge in [0, 0.05) is 17.9 Å². The van der Waals surface area contributed by atoms with Crippen LogP contribution in [-0.2, 0) is 55.2 Å². The maximum Gasteiger partial charge on any atom is 2.00 e. The molecule has 0 aromatic carbocycles. The van der Waals surface area contributed by atoms with Gasteiger partial charge in [-0.15, -0.1) is 0 Å². The maximum absolute atomic E-state index is 9.76. The van der Waals surface area contributed by atoms with Gasteiger partial charge in [0.2, 0.25) is 0 Å². The van der Waals surface area contributed by atoms with Crippen LogP contribution in [0.15, 0.2) is 0 Å². The molecule has 8 heteroatoms. The molecule has 0 radical (unpaired) electrons. The van der Waals surface area contributed by atoms with Crippen molar-refractivity contribution in [1.29, 1.82) is 0 Å². The summed E-state index contributed by atoms with van der Waals surface area (Å²) < 4.78 is 0. The summed E-state index contributed by atoms with van der Waals surface area (Å²) in [5.74, 6) is -2.80. The molecule has 0 aliphatic rings. The Morgan fingerprint density at radius 3 is 0.821 bits per heavy atom. The molecule has 0 saturated heterocycles. The van der Waals surface area contributed by atoms with Gasteiger partial charge in [-0.25, -0.2) is 0 Å². The fraction of sp³-hybridized carbons (Fsp3) is 0.800. The normalized spacial score (nSPS) is 8.04. The van der Waals surface area contributed by atoms with Crippen molar-refractivity contribution in [3.8, 4) is 0 Å². The molecule has 0 aromatic heterocycles. The van der Waals surface area contributed by atoms with Gasteiger partial charge in [0.05, 0.1) is 0 Å². The summed E-state index contributed by atoms with van der Waals surface area (Å²) in [6, 6.07) is 0. The van der Waals surface area contributed by atoms with Crippen molar-refractivity contribution in [3.63, 3.8) is 0 Å². The monoisotopic (exact) mass is 586 g/mol. The van der Waals surface area contributed by atoms with Crippen molar-refractivity contribution >= 4 is 17.9 Å². The first-order chi connectivity index (χ1) is 12.3. The van der Waals surface area contributed by atoms with E-state index in [0.717, 1.165) is 57.8 Å². The molecule has 0 aliphatic carbocycles. The third-order valence-corrected chi connectivity index (χ3v) is 2.95. The molecule has 28 heavy (non-hydrogen) atoms. The molecule has 0 aliphatic heterocycles. The Hall–Kier alpha value is -0.265. The van der Waals surface area contributed by atoms with Crippen molar-refractivity contribution < 1.29 is 70.5 Å². The maximum atomic E-state index is 9.76. The van der Waals surface area contributed by atoms with Crippen LogP contribution < -0.4 is 15.3 Å². The molecule has 6 nitrogen and oxygen atoms in total. The Morgan fingerprint density at radius 2 is 0.714 bits per heavy atom. The van der Waals surface area contributed by atoms with Gasteiger partial charge < -0.3 is 36.6 Å². The Labute approximate surface area is 199 Å². The number of aliphatic carboxylic acids is 3. The van der Waals surface area contributed by atoms with Gasteiger partial charge in [-0.05, 0) is 38.5 Å². The molecule has 0 heterocycles. The first kappa shape index (κ1) is 42.0. The summed E-state index contributed by atoms with van der Waals surface area (Å²) in [5.41, 5.74) is 0. The Bertz CT molecular complexity index is 266. The molecule has 0 N–H and O–H groups in total. The summed E-state index contributed by atoms with van der Waals surface area (Å²) in [6.45, 7) is 11.1. The van der Waals surface area contributed by atoms with Crippen LogP contribution in [0.5, 0.6) is 0 Å². The van der Waals surface area contributed by atoms with Crippen molar-refractivity contribution in [3.05, 3.63) is 6.92 Å². The van der Waals surface area contributed by atoms with Crippen molar-refractivity contribution in [2.45, 2.75) is 105 Å².